The van der Waals surface area contributed by atoms with Crippen molar-refractivity contribution in [3.8, 4) is 0 Å². The number of rotatable bonds is 6. The summed E-state index contributed by atoms with van der Waals surface area (Å²) in [6, 6.07) is 13.2. The number of sulfonamides is 1. The summed E-state index contributed by atoms with van der Waals surface area (Å²) in [7, 11) is -3.12. The number of amides is 1. The second kappa shape index (κ2) is 9.74. The van der Waals surface area contributed by atoms with E-state index in [4.69, 9.17) is 11.6 Å². The highest BCUT2D eigenvalue weighted by molar-refractivity contribution is 7.92. The van der Waals surface area contributed by atoms with Crippen LogP contribution >= 0.6 is 11.6 Å². The van der Waals surface area contributed by atoms with Crippen molar-refractivity contribution in [1.29, 1.82) is 0 Å². The third kappa shape index (κ3) is 5.67. The van der Waals surface area contributed by atoms with E-state index >= 15 is 0 Å². The molecular formula is C22H16ClF3N2O5S. The van der Waals surface area contributed by atoms with Crippen LogP contribution in [0.1, 0.15) is 26.3 Å². The molecule has 0 spiro atoms. The van der Waals surface area contributed by atoms with Crippen LogP contribution < -0.4 is 10.0 Å². The average molecular weight is 513 g/mol. The van der Waals surface area contributed by atoms with Gasteiger partial charge < -0.3 is 10.1 Å². The lowest BCUT2D eigenvalue weighted by Gasteiger charge is -2.13. The maximum absolute atomic E-state index is 12.8. The van der Waals surface area contributed by atoms with Crippen LogP contribution in [0.4, 0.5) is 24.5 Å². The minimum atomic E-state index is -4.64. The Hall–Kier alpha value is -3.57. The van der Waals surface area contributed by atoms with Crippen molar-refractivity contribution in [3.05, 3.63) is 88.4 Å². The van der Waals surface area contributed by atoms with Gasteiger partial charge in [-0.2, -0.15) is 13.2 Å². The van der Waals surface area contributed by atoms with Gasteiger partial charge in [0.2, 0.25) is 0 Å². The molecule has 12 heteroatoms. The number of nitrogens with one attached hydrogen (secondary N) is 2. The molecular weight excluding hydrogens is 497 g/mol. The largest absolute Gasteiger partial charge is 0.465 e. The number of ether oxygens (including phenoxy) is 1. The molecule has 0 heterocycles. The Morgan fingerprint density at radius 3 is 2.29 bits per heavy atom. The first-order valence-electron chi connectivity index (χ1n) is 9.40. The second-order valence-electron chi connectivity index (χ2n) is 6.82. The predicted octanol–water partition coefficient (Wildman–Crippen LogP) is 5.20. The van der Waals surface area contributed by atoms with Crippen LogP contribution in [0.5, 0.6) is 0 Å². The number of carbonyl (C=O) groups is 2. The van der Waals surface area contributed by atoms with Crippen molar-refractivity contribution < 1.29 is 35.9 Å². The maximum Gasteiger partial charge on any atom is 0.416 e. The minimum Gasteiger partial charge on any atom is -0.465 e. The van der Waals surface area contributed by atoms with Crippen LogP contribution in [0.2, 0.25) is 5.02 Å². The van der Waals surface area contributed by atoms with Crippen LogP contribution in [0, 0.1) is 0 Å². The van der Waals surface area contributed by atoms with E-state index in [1.54, 1.807) is 12.1 Å². The molecule has 0 aromatic heterocycles. The molecule has 0 fully saturated rings. The van der Waals surface area contributed by atoms with Gasteiger partial charge in [-0.3, -0.25) is 9.52 Å². The molecule has 2 N–H and O–H groups in total. The van der Waals surface area contributed by atoms with Gasteiger partial charge in [0.05, 0.1) is 39.5 Å². The fraction of sp³-hybridized carbons (Fsp3) is 0.0909. The molecule has 0 bridgehead atoms. The van der Waals surface area contributed by atoms with Crippen molar-refractivity contribution in [3.63, 3.8) is 0 Å². The van der Waals surface area contributed by atoms with Crippen LogP contribution in [0.3, 0.4) is 0 Å². The summed E-state index contributed by atoms with van der Waals surface area (Å²) in [4.78, 5) is 24.2. The van der Waals surface area contributed by atoms with E-state index in [0.29, 0.717) is 12.1 Å². The Kier molecular flexibility index (Phi) is 7.18. The SMILES string of the molecule is COC(=O)c1ccccc1NC(=O)c1cccc(S(=O)(=O)Nc2ccc(C(F)(F)F)cc2Cl)c1. The van der Waals surface area contributed by atoms with Crippen molar-refractivity contribution in [2.24, 2.45) is 0 Å². The molecule has 178 valence electrons. The Labute approximate surface area is 197 Å². The van der Waals surface area contributed by atoms with Crippen molar-refractivity contribution >= 4 is 44.9 Å². The molecule has 3 aromatic rings. The van der Waals surface area contributed by atoms with E-state index < -0.39 is 38.7 Å². The molecule has 7 nitrogen and oxygen atoms in total. The van der Waals surface area contributed by atoms with E-state index in [9.17, 15) is 31.2 Å². The zero-order valence-corrected chi connectivity index (χ0v) is 18.9. The molecule has 0 atom stereocenters. The van der Waals surface area contributed by atoms with E-state index in [2.05, 4.69) is 14.8 Å². The Bertz CT molecular complexity index is 1360. The van der Waals surface area contributed by atoms with Gasteiger partial charge in [0.1, 0.15) is 0 Å². The number of halogens is 4. The van der Waals surface area contributed by atoms with E-state index in [0.717, 1.165) is 12.1 Å². The third-order valence-corrected chi connectivity index (χ3v) is 6.20. The van der Waals surface area contributed by atoms with Gasteiger partial charge in [-0.05, 0) is 48.5 Å². The van der Waals surface area contributed by atoms with Crippen molar-refractivity contribution in [1.82, 2.24) is 0 Å². The number of methoxy groups -OCH3 is 1. The van der Waals surface area contributed by atoms with Gasteiger partial charge >= 0.3 is 12.1 Å². The van der Waals surface area contributed by atoms with Gasteiger partial charge in [0, 0.05) is 5.56 Å². The van der Waals surface area contributed by atoms with Gasteiger partial charge in [0.15, 0.2) is 0 Å². The summed E-state index contributed by atoms with van der Waals surface area (Å²) in [5.41, 5.74) is -1.10. The first kappa shape index (κ1) is 25.1. The van der Waals surface area contributed by atoms with Crippen molar-refractivity contribution in [2.75, 3.05) is 17.1 Å². The number of carbonyl (C=O) groups excluding carboxylic acids is 2. The fourth-order valence-corrected chi connectivity index (χ4v) is 4.27. The molecule has 0 aliphatic heterocycles. The molecule has 0 aliphatic rings. The number of alkyl halides is 3. The predicted molar refractivity (Wildman–Crippen MR) is 119 cm³/mol. The summed E-state index contributed by atoms with van der Waals surface area (Å²) >= 11 is 5.82. The molecule has 0 unspecified atom stereocenters. The standard InChI is InChI=1S/C22H16ClF3N2O5S/c1-33-21(30)16-7-2-3-8-18(16)27-20(29)13-5-4-6-15(11-13)34(31,32)28-19-10-9-14(12-17(19)23)22(24,25)26/h2-12,28H,1H3,(H,27,29). The van der Waals surface area contributed by atoms with Crippen LogP contribution in [0.15, 0.2) is 71.6 Å². The lowest BCUT2D eigenvalue weighted by atomic mass is 10.1. The summed E-state index contributed by atoms with van der Waals surface area (Å²) in [5, 5.41) is 2.07. The summed E-state index contributed by atoms with van der Waals surface area (Å²) in [5.74, 6) is -1.38. The molecule has 3 rings (SSSR count). The van der Waals surface area contributed by atoms with Gasteiger partial charge in [-0.1, -0.05) is 29.8 Å². The highest BCUT2D eigenvalue weighted by Crippen LogP contribution is 2.34. The molecule has 0 saturated heterocycles. The zero-order chi connectivity index (χ0) is 25.1. The van der Waals surface area contributed by atoms with E-state index in [1.807, 2.05) is 0 Å². The molecule has 1 amide bonds. The van der Waals surface area contributed by atoms with Gasteiger partial charge in [-0.25, -0.2) is 13.2 Å². The highest BCUT2D eigenvalue weighted by Gasteiger charge is 2.31. The van der Waals surface area contributed by atoms with Gasteiger partial charge in [0.25, 0.3) is 15.9 Å². The number of benzene rings is 3. The molecule has 34 heavy (non-hydrogen) atoms. The first-order valence-corrected chi connectivity index (χ1v) is 11.3. The average Bonchev–Trinajstić information content (AvgIpc) is 2.79. The first-order chi connectivity index (χ1) is 15.9. The normalized spacial score (nSPS) is 11.6. The quantitative estimate of drug-likeness (QED) is 0.442. The Morgan fingerprint density at radius 1 is 0.941 bits per heavy atom. The van der Waals surface area contributed by atoms with E-state index in [-0.39, 0.29) is 27.4 Å². The lowest BCUT2D eigenvalue weighted by Crippen LogP contribution is -2.17. The van der Waals surface area contributed by atoms with E-state index in [1.165, 1.54) is 37.4 Å². The Balaban J connectivity index is 1.85. The second-order valence-corrected chi connectivity index (χ2v) is 8.91. The smallest absolute Gasteiger partial charge is 0.416 e. The highest BCUT2D eigenvalue weighted by atomic mass is 35.5. The fourth-order valence-electron chi connectivity index (χ4n) is 2.86. The zero-order valence-electron chi connectivity index (χ0n) is 17.3. The number of esters is 1. The maximum atomic E-state index is 12.8. The number of anilines is 2. The number of hydrogen-bond acceptors (Lipinski definition) is 5. The molecule has 3 aromatic carbocycles. The molecule has 0 radical (unpaired) electrons. The Morgan fingerprint density at radius 2 is 1.65 bits per heavy atom. The summed E-state index contributed by atoms with van der Waals surface area (Å²) < 4.78 is 70.7. The third-order valence-electron chi connectivity index (χ3n) is 4.53. The number of hydrogen-bond donors (Lipinski definition) is 2. The summed E-state index contributed by atoms with van der Waals surface area (Å²) in [6.07, 6.45) is -4.64. The molecule has 0 saturated carbocycles. The van der Waals surface area contributed by atoms with Gasteiger partial charge in [-0.15, -0.1) is 0 Å². The monoisotopic (exact) mass is 512 g/mol. The van der Waals surface area contributed by atoms with Crippen LogP contribution in [0.25, 0.3) is 0 Å². The topological polar surface area (TPSA) is 102 Å². The molecule has 0 aliphatic carbocycles. The van der Waals surface area contributed by atoms with Crippen LogP contribution in [-0.2, 0) is 20.9 Å². The van der Waals surface area contributed by atoms with Crippen LogP contribution in [-0.4, -0.2) is 27.4 Å². The summed E-state index contributed by atoms with van der Waals surface area (Å²) in [6.45, 7) is 0. The number of para-hydroxylation sites is 1. The minimum absolute atomic E-state index is 0.0546. The van der Waals surface area contributed by atoms with Crippen molar-refractivity contribution in [2.45, 2.75) is 11.1 Å². The lowest BCUT2D eigenvalue weighted by molar-refractivity contribution is -0.137.